The van der Waals surface area contributed by atoms with Gasteiger partial charge in [0.05, 0.1) is 0 Å². The van der Waals surface area contributed by atoms with Crippen LogP contribution in [0.2, 0.25) is 0 Å². The molecule has 2 heterocycles. The minimum atomic E-state index is 0.790. The van der Waals surface area contributed by atoms with Crippen LogP contribution in [0.3, 0.4) is 0 Å². The topological polar surface area (TPSA) is 12.5 Å². The fourth-order valence-corrected chi connectivity index (χ4v) is 2.17. The molecule has 0 radical (unpaired) electrons. The summed E-state index contributed by atoms with van der Waals surface area (Å²) in [6.45, 7) is 6.58. The second-order valence-corrected chi connectivity index (χ2v) is 4.14. The van der Waals surface area contributed by atoms with E-state index in [1.54, 1.807) is 5.57 Å². The first-order chi connectivity index (χ1) is 6.36. The van der Waals surface area contributed by atoms with Crippen LogP contribution in [0, 0.1) is 0 Å². The van der Waals surface area contributed by atoms with Gasteiger partial charge in [-0.15, -0.1) is 0 Å². The van der Waals surface area contributed by atoms with Gasteiger partial charge in [0.25, 0.3) is 0 Å². The van der Waals surface area contributed by atoms with Crippen LogP contribution in [0.4, 0.5) is 0 Å². The van der Waals surface area contributed by atoms with Gasteiger partial charge in [0, 0.05) is 32.3 Å². The summed E-state index contributed by atoms with van der Waals surface area (Å²) in [7, 11) is 0. The van der Waals surface area contributed by atoms with E-state index in [1.807, 2.05) is 0 Å². The maximum absolute atomic E-state index is 5.37. The van der Waals surface area contributed by atoms with Crippen molar-refractivity contribution in [1.29, 1.82) is 0 Å². The maximum atomic E-state index is 5.37. The lowest BCUT2D eigenvalue weighted by molar-refractivity contribution is 0.0370. The average Bonchev–Trinajstić information content (AvgIpc) is 2.20. The average molecular weight is 181 g/mol. The monoisotopic (exact) mass is 181 g/mol. The molecule has 0 aromatic heterocycles. The molecule has 2 rings (SSSR count). The number of rotatable bonds is 1. The second-order valence-electron chi connectivity index (χ2n) is 4.14. The summed E-state index contributed by atoms with van der Waals surface area (Å²) in [5, 5.41) is 0. The first-order valence-corrected chi connectivity index (χ1v) is 5.33. The van der Waals surface area contributed by atoms with E-state index in [-0.39, 0.29) is 0 Å². The molecule has 0 unspecified atom stereocenters. The van der Waals surface area contributed by atoms with Crippen LogP contribution >= 0.6 is 0 Å². The quantitative estimate of drug-likeness (QED) is 0.572. The van der Waals surface area contributed by atoms with Gasteiger partial charge in [0.15, 0.2) is 0 Å². The molecule has 74 valence electrons. The van der Waals surface area contributed by atoms with Crippen molar-refractivity contribution in [2.75, 3.05) is 26.3 Å². The predicted molar refractivity (Wildman–Crippen MR) is 53.8 cm³/mol. The Morgan fingerprint density at radius 3 is 2.77 bits per heavy atom. The van der Waals surface area contributed by atoms with E-state index >= 15 is 0 Å². The van der Waals surface area contributed by atoms with Crippen molar-refractivity contribution in [2.45, 2.75) is 32.2 Å². The van der Waals surface area contributed by atoms with Gasteiger partial charge in [-0.25, -0.2) is 0 Å². The van der Waals surface area contributed by atoms with E-state index in [1.165, 1.54) is 25.8 Å². The van der Waals surface area contributed by atoms with Crippen molar-refractivity contribution in [2.24, 2.45) is 0 Å². The molecule has 0 aromatic rings. The summed E-state index contributed by atoms with van der Waals surface area (Å²) < 4.78 is 5.37. The second kappa shape index (κ2) is 4.25. The third-order valence-electron chi connectivity index (χ3n) is 3.17. The molecule has 0 aliphatic carbocycles. The minimum Gasteiger partial charge on any atom is -0.381 e. The molecule has 0 saturated carbocycles. The van der Waals surface area contributed by atoms with Gasteiger partial charge in [-0.1, -0.05) is 11.6 Å². The highest BCUT2D eigenvalue weighted by atomic mass is 16.5. The summed E-state index contributed by atoms with van der Waals surface area (Å²) in [6.07, 6.45) is 6.09. The van der Waals surface area contributed by atoms with Crippen LogP contribution in [-0.2, 0) is 4.74 Å². The van der Waals surface area contributed by atoms with Crippen molar-refractivity contribution in [3.63, 3.8) is 0 Å². The Kier molecular flexibility index (Phi) is 3.01. The molecule has 2 nitrogen and oxygen atoms in total. The fraction of sp³-hybridized carbons (Fsp3) is 0.818. The molecule has 0 N–H and O–H groups in total. The van der Waals surface area contributed by atoms with Crippen LogP contribution < -0.4 is 0 Å². The summed E-state index contributed by atoms with van der Waals surface area (Å²) in [4.78, 5) is 2.61. The molecular formula is C11H19NO. The van der Waals surface area contributed by atoms with Crippen LogP contribution in [-0.4, -0.2) is 37.2 Å². The lowest BCUT2D eigenvalue weighted by Gasteiger charge is -2.35. The van der Waals surface area contributed by atoms with Gasteiger partial charge >= 0.3 is 0 Å². The highest BCUT2D eigenvalue weighted by Gasteiger charge is 2.21. The maximum Gasteiger partial charge on any atom is 0.0480 e. The Morgan fingerprint density at radius 1 is 1.38 bits per heavy atom. The minimum absolute atomic E-state index is 0.790. The molecule has 2 heteroatoms. The molecule has 2 aliphatic rings. The summed E-state index contributed by atoms with van der Waals surface area (Å²) in [6, 6.07) is 0.790. The van der Waals surface area contributed by atoms with Crippen molar-refractivity contribution >= 4 is 0 Å². The standard InChI is InChI=1S/C11H19NO/c1-10-2-6-12(7-3-10)11-4-8-13-9-5-11/h2,11H,3-9H2,1H3. The van der Waals surface area contributed by atoms with Gasteiger partial charge in [0.2, 0.25) is 0 Å². The number of hydrogen-bond acceptors (Lipinski definition) is 2. The van der Waals surface area contributed by atoms with Crippen LogP contribution in [0.15, 0.2) is 11.6 Å². The third kappa shape index (κ3) is 2.32. The van der Waals surface area contributed by atoms with E-state index < -0.39 is 0 Å². The molecular weight excluding hydrogens is 162 g/mol. The van der Waals surface area contributed by atoms with E-state index in [4.69, 9.17) is 4.74 Å². The Morgan fingerprint density at radius 2 is 2.15 bits per heavy atom. The van der Waals surface area contributed by atoms with Crippen LogP contribution in [0.1, 0.15) is 26.2 Å². The lowest BCUT2D eigenvalue weighted by atomic mass is 10.0. The van der Waals surface area contributed by atoms with Gasteiger partial charge in [-0.05, 0) is 26.2 Å². The molecule has 0 atom stereocenters. The van der Waals surface area contributed by atoms with E-state index in [2.05, 4.69) is 17.9 Å². The van der Waals surface area contributed by atoms with Crippen LogP contribution in [0.5, 0.6) is 0 Å². The Hall–Kier alpha value is -0.340. The fourth-order valence-electron chi connectivity index (χ4n) is 2.17. The Balaban J connectivity index is 1.86. The zero-order valence-corrected chi connectivity index (χ0v) is 8.46. The van der Waals surface area contributed by atoms with Crippen LogP contribution in [0.25, 0.3) is 0 Å². The largest absolute Gasteiger partial charge is 0.381 e. The van der Waals surface area contributed by atoms with Crippen molar-refractivity contribution in [1.82, 2.24) is 4.90 Å². The smallest absolute Gasteiger partial charge is 0.0480 e. The normalized spacial score (nSPS) is 27.3. The summed E-state index contributed by atoms with van der Waals surface area (Å²) in [5.74, 6) is 0. The van der Waals surface area contributed by atoms with Crippen molar-refractivity contribution in [3.05, 3.63) is 11.6 Å². The molecule has 2 aliphatic heterocycles. The molecule has 13 heavy (non-hydrogen) atoms. The molecule has 0 amide bonds. The SMILES string of the molecule is CC1=CCN(C2CCOCC2)CC1. The molecule has 1 fully saturated rings. The van der Waals surface area contributed by atoms with E-state index in [0.717, 1.165) is 25.8 Å². The van der Waals surface area contributed by atoms with Gasteiger partial charge in [-0.2, -0.15) is 0 Å². The van der Waals surface area contributed by atoms with Crippen molar-refractivity contribution < 1.29 is 4.74 Å². The summed E-state index contributed by atoms with van der Waals surface area (Å²) >= 11 is 0. The molecule has 0 bridgehead atoms. The molecule has 0 spiro atoms. The molecule has 0 aromatic carbocycles. The zero-order chi connectivity index (χ0) is 9.10. The number of ether oxygens (including phenoxy) is 1. The highest BCUT2D eigenvalue weighted by Crippen LogP contribution is 2.18. The lowest BCUT2D eigenvalue weighted by Crippen LogP contribution is -2.41. The third-order valence-corrected chi connectivity index (χ3v) is 3.17. The number of nitrogens with zero attached hydrogens (tertiary/aromatic N) is 1. The first-order valence-electron chi connectivity index (χ1n) is 5.33. The first kappa shape index (κ1) is 9.22. The highest BCUT2D eigenvalue weighted by molar-refractivity contribution is 5.04. The Labute approximate surface area is 80.6 Å². The zero-order valence-electron chi connectivity index (χ0n) is 8.46. The Bertz CT molecular complexity index is 194. The van der Waals surface area contributed by atoms with E-state index in [0.29, 0.717) is 0 Å². The van der Waals surface area contributed by atoms with Gasteiger partial charge in [0.1, 0.15) is 0 Å². The van der Waals surface area contributed by atoms with E-state index in [9.17, 15) is 0 Å². The molecule has 1 saturated heterocycles. The van der Waals surface area contributed by atoms with Gasteiger partial charge < -0.3 is 4.74 Å². The predicted octanol–water partition coefficient (Wildman–Crippen LogP) is 1.82. The summed E-state index contributed by atoms with van der Waals surface area (Å²) in [5.41, 5.74) is 1.56. The van der Waals surface area contributed by atoms with Gasteiger partial charge in [-0.3, -0.25) is 4.90 Å². The number of hydrogen-bond donors (Lipinski definition) is 0. The van der Waals surface area contributed by atoms with Crippen molar-refractivity contribution in [3.8, 4) is 0 Å².